The van der Waals surface area contributed by atoms with E-state index in [-0.39, 0.29) is 48.6 Å². The average Bonchev–Trinajstić information content (AvgIpc) is 3.17. The number of piperazine rings is 1. The highest BCUT2D eigenvalue weighted by Crippen LogP contribution is 2.26. The summed E-state index contributed by atoms with van der Waals surface area (Å²) in [5.74, 6) is 0.522. The number of amides is 2. The van der Waals surface area contributed by atoms with Crippen LogP contribution in [0.5, 0.6) is 0 Å². The summed E-state index contributed by atoms with van der Waals surface area (Å²) in [4.78, 5) is 28.3. The second kappa shape index (κ2) is 9.06. The zero-order valence-corrected chi connectivity index (χ0v) is 15.0. The number of halogens is 2. The highest BCUT2D eigenvalue weighted by molar-refractivity contribution is 5.85. The fraction of sp³-hybridized carbons (Fsp3) is 0.867. The lowest BCUT2D eigenvalue weighted by molar-refractivity contribution is -0.137. The summed E-state index contributed by atoms with van der Waals surface area (Å²) in [6, 6.07) is 0.623. The summed E-state index contributed by atoms with van der Waals surface area (Å²) in [7, 11) is 0. The summed E-state index contributed by atoms with van der Waals surface area (Å²) < 4.78 is 0. The first-order valence-electron chi connectivity index (χ1n) is 8.18. The molecule has 2 unspecified atom stereocenters. The monoisotopic (exact) mass is 366 g/mol. The number of nitrogens with two attached hydrogens (primary N) is 1. The van der Waals surface area contributed by atoms with Crippen LogP contribution in [0.3, 0.4) is 0 Å². The molecule has 0 spiro atoms. The van der Waals surface area contributed by atoms with Crippen LogP contribution in [-0.4, -0.2) is 66.4 Å². The lowest BCUT2D eigenvalue weighted by Crippen LogP contribution is -2.52. The Bertz CT molecular complexity index is 412. The minimum Gasteiger partial charge on any atom is -0.352 e. The largest absolute Gasteiger partial charge is 0.352 e. The van der Waals surface area contributed by atoms with Gasteiger partial charge in [0.15, 0.2) is 0 Å². The third-order valence-electron chi connectivity index (χ3n) is 4.82. The van der Waals surface area contributed by atoms with E-state index in [1.165, 1.54) is 0 Å². The van der Waals surface area contributed by atoms with E-state index in [2.05, 4.69) is 10.2 Å². The van der Waals surface area contributed by atoms with Crippen LogP contribution in [0.4, 0.5) is 0 Å². The molecule has 2 saturated carbocycles. The SMILES string of the molecule is Cl.Cl.NC1CCC(C(=O)N2CCN(CC(=O)NC3CC3)CC2)C1. The highest BCUT2D eigenvalue weighted by Gasteiger charge is 2.32. The van der Waals surface area contributed by atoms with Crippen LogP contribution in [-0.2, 0) is 9.59 Å². The molecule has 8 heteroatoms. The summed E-state index contributed by atoms with van der Waals surface area (Å²) in [5, 5.41) is 3.01. The van der Waals surface area contributed by atoms with Crippen LogP contribution in [0.25, 0.3) is 0 Å². The number of carbonyl (C=O) groups is 2. The van der Waals surface area contributed by atoms with Crippen LogP contribution < -0.4 is 11.1 Å². The van der Waals surface area contributed by atoms with Gasteiger partial charge in [0.25, 0.3) is 0 Å². The maximum Gasteiger partial charge on any atom is 0.234 e. The number of rotatable bonds is 4. The van der Waals surface area contributed by atoms with E-state index in [1.54, 1.807) is 0 Å². The normalized spacial score (nSPS) is 27.8. The lowest BCUT2D eigenvalue weighted by Gasteiger charge is -2.35. The third kappa shape index (κ3) is 5.78. The number of hydrogen-bond acceptors (Lipinski definition) is 4. The van der Waals surface area contributed by atoms with E-state index >= 15 is 0 Å². The number of nitrogens with one attached hydrogen (secondary N) is 1. The molecule has 2 atom stereocenters. The van der Waals surface area contributed by atoms with E-state index in [1.807, 2.05) is 4.90 Å². The van der Waals surface area contributed by atoms with Crippen LogP contribution in [0.2, 0.25) is 0 Å². The zero-order chi connectivity index (χ0) is 14.8. The smallest absolute Gasteiger partial charge is 0.234 e. The lowest BCUT2D eigenvalue weighted by atomic mass is 10.1. The Morgan fingerprint density at radius 1 is 1.00 bits per heavy atom. The molecule has 0 aromatic carbocycles. The van der Waals surface area contributed by atoms with Gasteiger partial charge in [-0.2, -0.15) is 0 Å². The molecule has 1 heterocycles. The molecule has 6 nitrogen and oxygen atoms in total. The predicted molar refractivity (Wildman–Crippen MR) is 94.0 cm³/mol. The maximum absolute atomic E-state index is 12.4. The van der Waals surface area contributed by atoms with Crippen molar-refractivity contribution in [3.8, 4) is 0 Å². The van der Waals surface area contributed by atoms with Gasteiger partial charge in [-0.3, -0.25) is 14.5 Å². The predicted octanol–water partition coefficient (Wildman–Crippen LogP) is 0.380. The minimum atomic E-state index is 0. The Balaban J connectivity index is 0.00000132. The molecule has 0 radical (unpaired) electrons. The molecule has 3 rings (SSSR count). The van der Waals surface area contributed by atoms with E-state index in [0.717, 1.165) is 58.3 Å². The molecule has 3 fully saturated rings. The second-order valence-electron chi connectivity index (χ2n) is 6.71. The molecule has 1 saturated heterocycles. The molecular weight excluding hydrogens is 339 g/mol. The van der Waals surface area contributed by atoms with Gasteiger partial charge >= 0.3 is 0 Å². The zero-order valence-electron chi connectivity index (χ0n) is 13.4. The summed E-state index contributed by atoms with van der Waals surface area (Å²) in [6.07, 6.45) is 4.99. The van der Waals surface area contributed by atoms with Crippen LogP contribution in [0.1, 0.15) is 32.1 Å². The van der Waals surface area contributed by atoms with Crippen molar-refractivity contribution in [1.82, 2.24) is 15.1 Å². The van der Waals surface area contributed by atoms with E-state index in [9.17, 15) is 9.59 Å². The first-order valence-corrected chi connectivity index (χ1v) is 8.18. The molecular formula is C15H28Cl2N4O2. The van der Waals surface area contributed by atoms with Crippen LogP contribution in [0.15, 0.2) is 0 Å². The Labute approximate surface area is 150 Å². The second-order valence-corrected chi connectivity index (χ2v) is 6.71. The number of hydrogen-bond donors (Lipinski definition) is 2. The molecule has 23 heavy (non-hydrogen) atoms. The maximum atomic E-state index is 12.4. The van der Waals surface area contributed by atoms with Crippen LogP contribution >= 0.6 is 24.8 Å². The Kier molecular flexibility index (Phi) is 8.07. The number of nitrogens with zero attached hydrogens (tertiary/aromatic N) is 2. The van der Waals surface area contributed by atoms with Gasteiger partial charge in [0.1, 0.15) is 0 Å². The van der Waals surface area contributed by atoms with E-state index in [0.29, 0.717) is 12.6 Å². The first-order chi connectivity index (χ1) is 10.1. The Hall–Kier alpha value is -0.560. The van der Waals surface area contributed by atoms with Gasteiger partial charge in [-0.15, -0.1) is 24.8 Å². The van der Waals surface area contributed by atoms with Crippen molar-refractivity contribution in [3.05, 3.63) is 0 Å². The molecule has 1 aliphatic heterocycles. The molecule has 134 valence electrons. The van der Waals surface area contributed by atoms with Crippen molar-refractivity contribution in [3.63, 3.8) is 0 Å². The molecule has 2 aliphatic carbocycles. The molecule has 0 aromatic heterocycles. The van der Waals surface area contributed by atoms with Gasteiger partial charge in [-0.1, -0.05) is 0 Å². The quantitative estimate of drug-likeness (QED) is 0.753. The van der Waals surface area contributed by atoms with Gasteiger partial charge in [0, 0.05) is 44.2 Å². The van der Waals surface area contributed by atoms with Crippen molar-refractivity contribution in [2.24, 2.45) is 11.7 Å². The summed E-state index contributed by atoms with van der Waals surface area (Å²) in [6.45, 7) is 3.53. The van der Waals surface area contributed by atoms with Crippen molar-refractivity contribution >= 4 is 36.6 Å². The first kappa shape index (κ1) is 20.5. The van der Waals surface area contributed by atoms with Gasteiger partial charge in [0.2, 0.25) is 11.8 Å². The molecule has 3 aliphatic rings. The van der Waals surface area contributed by atoms with Gasteiger partial charge in [-0.05, 0) is 32.1 Å². The average molecular weight is 367 g/mol. The van der Waals surface area contributed by atoms with E-state index < -0.39 is 0 Å². The van der Waals surface area contributed by atoms with Gasteiger partial charge < -0.3 is 16.0 Å². The summed E-state index contributed by atoms with van der Waals surface area (Å²) >= 11 is 0. The van der Waals surface area contributed by atoms with Crippen LogP contribution in [0, 0.1) is 5.92 Å². The van der Waals surface area contributed by atoms with Gasteiger partial charge in [-0.25, -0.2) is 0 Å². The van der Waals surface area contributed by atoms with Crippen molar-refractivity contribution < 1.29 is 9.59 Å². The molecule has 0 bridgehead atoms. The van der Waals surface area contributed by atoms with Crippen molar-refractivity contribution in [2.45, 2.75) is 44.2 Å². The standard InChI is InChI=1S/C15H26N4O2.2ClH/c16-12-2-1-11(9-12)15(21)19-7-5-18(6-8-19)10-14(20)17-13-3-4-13;;/h11-13H,1-10,16H2,(H,17,20);2*1H. The fourth-order valence-corrected chi connectivity index (χ4v) is 3.33. The molecule has 0 aromatic rings. The van der Waals surface area contributed by atoms with Gasteiger partial charge in [0.05, 0.1) is 6.54 Å². The molecule has 3 N–H and O–H groups in total. The minimum absolute atomic E-state index is 0. The Morgan fingerprint density at radius 3 is 2.17 bits per heavy atom. The topological polar surface area (TPSA) is 78.7 Å². The fourth-order valence-electron chi connectivity index (χ4n) is 3.33. The molecule has 2 amide bonds. The number of carbonyl (C=O) groups excluding carboxylic acids is 2. The van der Waals surface area contributed by atoms with Crippen molar-refractivity contribution in [2.75, 3.05) is 32.7 Å². The van der Waals surface area contributed by atoms with E-state index in [4.69, 9.17) is 5.73 Å². The summed E-state index contributed by atoms with van der Waals surface area (Å²) in [5.41, 5.74) is 5.89. The van der Waals surface area contributed by atoms with Crippen molar-refractivity contribution in [1.29, 1.82) is 0 Å². The Morgan fingerprint density at radius 2 is 1.65 bits per heavy atom. The highest BCUT2D eigenvalue weighted by atomic mass is 35.5. The third-order valence-corrected chi connectivity index (χ3v) is 4.82.